The van der Waals surface area contributed by atoms with Crippen LogP contribution in [0.2, 0.25) is 0 Å². The molecular formula is C16H15N3O. The number of nitrogens with two attached hydrogens (primary N) is 1. The summed E-state index contributed by atoms with van der Waals surface area (Å²) in [5.41, 5.74) is 7.56. The van der Waals surface area contributed by atoms with Gasteiger partial charge >= 0.3 is 0 Å². The second-order valence-corrected chi connectivity index (χ2v) is 4.40. The Morgan fingerprint density at radius 1 is 1.15 bits per heavy atom. The van der Waals surface area contributed by atoms with E-state index in [0.717, 1.165) is 5.56 Å². The zero-order valence-electron chi connectivity index (χ0n) is 10.9. The fraction of sp³-hybridized carbons (Fsp3) is 0.125. The SMILES string of the molecule is N#Cc1ccccc1C(NCc1ccccc1)C(N)=O. The molecule has 100 valence electrons. The number of primary amides is 1. The van der Waals surface area contributed by atoms with Crippen LogP contribution in [0, 0.1) is 11.3 Å². The van der Waals surface area contributed by atoms with E-state index >= 15 is 0 Å². The van der Waals surface area contributed by atoms with Gasteiger partial charge in [0.05, 0.1) is 11.6 Å². The fourth-order valence-corrected chi connectivity index (χ4v) is 2.03. The molecule has 20 heavy (non-hydrogen) atoms. The highest BCUT2D eigenvalue weighted by molar-refractivity contribution is 5.82. The third-order valence-corrected chi connectivity index (χ3v) is 3.03. The molecule has 1 unspecified atom stereocenters. The molecule has 0 aliphatic carbocycles. The maximum absolute atomic E-state index is 11.6. The van der Waals surface area contributed by atoms with Gasteiger partial charge < -0.3 is 5.73 Å². The second-order valence-electron chi connectivity index (χ2n) is 4.40. The van der Waals surface area contributed by atoms with Crippen molar-refractivity contribution in [1.29, 1.82) is 5.26 Å². The lowest BCUT2D eigenvalue weighted by Gasteiger charge is -2.17. The van der Waals surface area contributed by atoms with E-state index < -0.39 is 11.9 Å². The van der Waals surface area contributed by atoms with E-state index in [1.807, 2.05) is 30.3 Å². The van der Waals surface area contributed by atoms with Crippen LogP contribution in [0.1, 0.15) is 22.7 Å². The van der Waals surface area contributed by atoms with Gasteiger partial charge in [-0.05, 0) is 17.2 Å². The number of hydrogen-bond donors (Lipinski definition) is 2. The van der Waals surface area contributed by atoms with Crippen molar-refractivity contribution >= 4 is 5.91 Å². The van der Waals surface area contributed by atoms with Gasteiger partial charge in [0, 0.05) is 6.54 Å². The van der Waals surface area contributed by atoms with Crippen LogP contribution in [0.5, 0.6) is 0 Å². The number of carbonyl (C=O) groups excluding carboxylic acids is 1. The molecule has 0 aromatic heterocycles. The molecule has 0 heterocycles. The van der Waals surface area contributed by atoms with Crippen molar-refractivity contribution in [3.05, 3.63) is 71.3 Å². The molecule has 0 fully saturated rings. The first-order valence-electron chi connectivity index (χ1n) is 6.28. The van der Waals surface area contributed by atoms with Crippen LogP contribution in [0.4, 0.5) is 0 Å². The molecule has 3 N–H and O–H groups in total. The Kier molecular flexibility index (Phi) is 4.48. The molecule has 2 rings (SSSR count). The van der Waals surface area contributed by atoms with Crippen LogP contribution < -0.4 is 11.1 Å². The van der Waals surface area contributed by atoms with Crippen molar-refractivity contribution in [3.8, 4) is 6.07 Å². The van der Waals surface area contributed by atoms with Crippen LogP contribution in [0.25, 0.3) is 0 Å². The molecule has 0 aliphatic rings. The summed E-state index contributed by atoms with van der Waals surface area (Å²) in [6.07, 6.45) is 0. The summed E-state index contributed by atoms with van der Waals surface area (Å²) in [6.45, 7) is 0.508. The lowest BCUT2D eigenvalue weighted by molar-refractivity contribution is -0.120. The van der Waals surface area contributed by atoms with Crippen molar-refractivity contribution in [2.75, 3.05) is 0 Å². The summed E-state index contributed by atoms with van der Waals surface area (Å²) < 4.78 is 0. The highest BCUT2D eigenvalue weighted by atomic mass is 16.1. The Labute approximate surface area is 117 Å². The smallest absolute Gasteiger partial charge is 0.239 e. The topological polar surface area (TPSA) is 78.9 Å². The summed E-state index contributed by atoms with van der Waals surface area (Å²) >= 11 is 0. The van der Waals surface area contributed by atoms with Crippen LogP contribution in [-0.2, 0) is 11.3 Å². The molecule has 2 aromatic rings. The molecule has 0 saturated carbocycles. The summed E-state index contributed by atoms with van der Waals surface area (Å²) in [7, 11) is 0. The summed E-state index contributed by atoms with van der Waals surface area (Å²) in [5, 5.41) is 12.2. The number of nitrogens with one attached hydrogen (secondary N) is 1. The minimum Gasteiger partial charge on any atom is -0.368 e. The highest BCUT2D eigenvalue weighted by Crippen LogP contribution is 2.18. The van der Waals surface area contributed by atoms with Gasteiger partial charge in [0.25, 0.3) is 0 Å². The number of rotatable bonds is 5. The van der Waals surface area contributed by atoms with E-state index in [2.05, 4.69) is 11.4 Å². The largest absolute Gasteiger partial charge is 0.368 e. The van der Waals surface area contributed by atoms with Crippen LogP contribution >= 0.6 is 0 Å². The van der Waals surface area contributed by atoms with E-state index in [1.165, 1.54) is 0 Å². The number of nitriles is 1. The predicted octanol–water partition coefficient (Wildman–Crippen LogP) is 1.87. The van der Waals surface area contributed by atoms with Gasteiger partial charge in [0.15, 0.2) is 0 Å². The van der Waals surface area contributed by atoms with E-state index in [9.17, 15) is 4.79 Å². The summed E-state index contributed by atoms with van der Waals surface area (Å²) in [4.78, 5) is 11.6. The molecule has 0 aliphatic heterocycles. The number of benzene rings is 2. The predicted molar refractivity (Wildman–Crippen MR) is 76.4 cm³/mol. The molecule has 0 radical (unpaired) electrons. The lowest BCUT2D eigenvalue weighted by atomic mass is 10.0. The van der Waals surface area contributed by atoms with Crippen molar-refractivity contribution in [2.24, 2.45) is 5.73 Å². The van der Waals surface area contributed by atoms with Crippen LogP contribution in [0.3, 0.4) is 0 Å². The van der Waals surface area contributed by atoms with E-state index in [-0.39, 0.29) is 0 Å². The standard InChI is InChI=1S/C16H15N3O/c17-10-13-8-4-5-9-14(13)15(16(18)20)19-11-12-6-2-1-3-7-12/h1-9,15,19H,11H2,(H2,18,20). The molecule has 2 aromatic carbocycles. The maximum atomic E-state index is 11.6. The average Bonchev–Trinajstić information content (AvgIpc) is 2.48. The number of hydrogen-bond acceptors (Lipinski definition) is 3. The van der Waals surface area contributed by atoms with Crippen molar-refractivity contribution in [2.45, 2.75) is 12.6 Å². The highest BCUT2D eigenvalue weighted by Gasteiger charge is 2.19. The van der Waals surface area contributed by atoms with E-state index in [1.54, 1.807) is 24.3 Å². The normalized spacial score (nSPS) is 11.6. The molecule has 0 saturated heterocycles. The van der Waals surface area contributed by atoms with Gasteiger partial charge in [-0.3, -0.25) is 10.1 Å². The first-order valence-corrected chi connectivity index (χ1v) is 6.28. The minimum atomic E-state index is -0.675. The third kappa shape index (κ3) is 3.22. The monoisotopic (exact) mass is 265 g/mol. The molecule has 0 bridgehead atoms. The van der Waals surface area contributed by atoms with Crippen molar-refractivity contribution < 1.29 is 4.79 Å². The third-order valence-electron chi connectivity index (χ3n) is 3.03. The Morgan fingerprint density at radius 3 is 2.45 bits per heavy atom. The molecular weight excluding hydrogens is 250 g/mol. The summed E-state index contributed by atoms with van der Waals surface area (Å²) in [6, 6.07) is 18.1. The van der Waals surface area contributed by atoms with Gasteiger partial charge in [0.1, 0.15) is 6.04 Å². The Hall–Kier alpha value is -2.64. The Balaban J connectivity index is 2.20. The van der Waals surface area contributed by atoms with Gasteiger partial charge in [-0.2, -0.15) is 5.26 Å². The van der Waals surface area contributed by atoms with E-state index in [4.69, 9.17) is 11.0 Å². The van der Waals surface area contributed by atoms with Gasteiger partial charge in [-0.15, -0.1) is 0 Å². The zero-order valence-corrected chi connectivity index (χ0v) is 10.9. The van der Waals surface area contributed by atoms with Crippen molar-refractivity contribution in [1.82, 2.24) is 5.32 Å². The van der Waals surface area contributed by atoms with Crippen LogP contribution in [-0.4, -0.2) is 5.91 Å². The Morgan fingerprint density at radius 2 is 1.80 bits per heavy atom. The quantitative estimate of drug-likeness (QED) is 0.866. The molecule has 4 nitrogen and oxygen atoms in total. The molecule has 4 heteroatoms. The lowest BCUT2D eigenvalue weighted by Crippen LogP contribution is -2.33. The van der Waals surface area contributed by atoms with Crippen LogP contribution in [0.15, 0.2) is 54.6 Å². The number of carbonyl (C=O) groups is 1. The first kappa shape index (κ1) is 13.8. The second kappa shape index (κ2) is 6.50. The number of amides is 1. The van der Waals surface area contributed by atoms with Crippen molar-refractivity contribution in [3.63, 3.8) is 0 Å². The molecule has 1 atom stereocenters. The van der Waals surface area contributed by atoms with Gasteiger partial charge in [0.2, 0.25) is 5.91 Å². The fourth-order valence-electron chi connectivity index (χ4n) is 2.03. The minimum absolute atomic E-state index is 0.455. The maximum Gasteiger partial charge on any atom is 0.239 e. The molecule has 0 spiro atoms. The van der Waals surface area contributed by atoms with E-state index in [0.29, 0.717) is 17.7 Å². The van der Waals surface area contributed by atoms with Gasteiger partial charge in [-0.25, -0.2) is 0 Å². The zero-order chi connectivity index (χ0) is 14.4. The molecule has 1 amide bonds. The first-order chi connectivity index (χ1) is 9.72. The Bertz CT molecular complexity index is 632. The average molecular weight is 265 g/mol. The number of nitrogens with zero attached hydrogens (tertiary/aromatic N) is 1. The summed E-state index contributed by atoms with van der Waals surface area (Å²) in [5.74, 6) is -0.497. The van der Waals surface area contributed by atoms with Gasteiger partial charge in [-0.1, -0.05) is 48.5 Å².